The van der Waals surface area contributed by atoms with Crippen LogP contribution >= 0.6 is 0 Å². The Morgan fingerprint density at radius 1 is 1.47 bits per heavy atom. The van der Waals surface area contributed by atoms with Crippen LogP contribution in [0.2, 0.25) is 0 Å². The van der Waals surface area contributed by atoms with Crippen molar-refractivity contribution in [1.82, 2.24) is 10.4 Å². The predicted molar refractivity (Wildman–Crippen MR) is 70.2 cm³/mol. The average Bonchev–Trinajstić information content (AvgIpc) is 3.03. The van der Waals surface area contributed by atoms with E-state index in [0.717, 1.165) is 6.42 Å². The number of likely N-dealkylation sites (N-methyl/N-ethyl adjacent to an activating group) is 1. The van der Waals surface area contributed by atoms with Gasteiger partial charge < -0.3 is 4.90 Å². The molecule has 4 heteroatoms. The van der Waals surface area contributed by atoms with Crippen LogP contribution in [0.15, 0.2) is 18.2 Å². The molecule has 3 aliphatic rings. The first-order chi connectivity index (χ1) is 9.17. The molecule has 19 heavy (non-hydrogen) atoms. The quantitative estimate of drug-likeness (QED) is 0.593. The van der Waals surface area contributed by atoms with Gasteiger partial charge in [0, 0.05) is 17.5 Å². The molecule has 1 aliphatic heterocycles. The Bertz CT molecular complexity index is 571. The molecule has 2 unspecified atom stereocenters. The van der Waals surface area contributed by atoms with E-state index in [9.17, 15) is 4.79 Å². The number of hydrogen-bond donors (Lipinski definition) is 2. The minimum atomic E-state index is -0.415. The second-order valence-electron chi connectivity index (χ2n) is 6.24. The third kappa shape index (κ3) is 1.33. The molecule has 2 N–H and O–H groups in total. The number of benzene rings is 1. The first kappa shape index (κ1) is 11.4. The maximum Gasteiger partial charge on any atom is 0.274 e. The maximum absolute atomic E-state index is 11.6. The van der Waals surface area contributed by atoms with Gasteiger partial charge in [0.05, 0.1) is 0 Å². The zero-order valence-corrected chi connectivity index (χ0v) is 11.0. The highest BCUT2D eigenvalue weighted by Crippen LogP contribution is 2.71. The lowest BCUT2D eigenvalue weighted by Gasteiger charge is -2.24. The molecule has 2 aliphatic carbocycles. The molecule has 1 aromatic rings. The number of hydroxylamine groups is 1. The largest absolute Gasteiger partial charge is 0.302 e. The Hall–Kier alpha value is -1.39. The van der Waals surface area contributed by atoms with Crippen LogP contribution < -0.4 is 5.48 Å². The number of aryl methyl sites for hydroxylation is 1. The fourth-order valence-corrected chi connectivity index (χ4v) is 4.58. The van der Waals surface area contributed by atoms with Crippen LogP contribution in [0.25, 0.3) is 0 Å². The van der Waals surface area contributed by atoms with Gasteiger partial charge in [-0.15, -0.1) is 0 Å². The number of piperidine rings is 1. The highest BCUT2D eigenvalue weighted by Gasteiger charge is 2.70. The van der Waals surface area contributed by atoms with Gasteiger partial charge in [0.15, 0.2) is 0 Å². The zero-order valence-electron chi connectivity index (χ0n) is 11.0. The molecule has 0 aromatic heterocycles. The molecule has 1 spiro atoms. The van der Waals surface area contributed by atoms with Gasteiger partial charge in [0.2, 0.25) is 0 Å². The summed E-state index contributed by atoms with van der Waals surface area (Å²) in [5.41, 5.74) is 5.49. The van der Waals surface area contributed by atoms with E-state index in [1.54, 1.807) is 5.48 Å². The van der Waals surface area contributed by atoms with Crippen LogP contribution in [0.3, 0.4) is 0 Å². The number of fused-ring (bicyclic) bond motifs is 3. The Balaban J connectivity index is 1.76. The Kier molecular flexibility index (Phi) is 2.16. The van der Waals surface area contributed by atoms with E-state index in [0.29, 0.717) is 22.9 Å². The minimum absolute atomic E-state index is 0.415. The van der Waals surface area contributed by atoms with Gasteiger partial charge >= 0.3 is 0 Å². The van der Waals surface area contributed by atoms with Gasteiger partial charge in [0.25, 0.3) is 5.91 Å². The lowest BCUT2D eigenvalue weighted by atomic mass is 9.81. The smallest absolute Gasteiger partial charge is 0.274 e. The van der Waals surface area contributed by atoms with Crippen LogP contribution in [0, 0.1) is 5.41 Å². The van der Waals surface area contributed by atoms with E-state index in [-0.39, 0.29) is 0 Å². The van der Waals surface area contributed by atoms with E-state index >= 15 is 0 Å². The van der Waals surface area contributed by atoms with Crippen molar-refractivity contribution < 1.29 is 10.0 Å². The molecule has 4 rings (SSSR count). The van der Waals surface area contributed by atoms with Crippen molar-refractivity contribution in [2.45, 2.75) is 31.2 Å². The number of likely N-dealkylation sites (tertiary alicyclic amines) is 1. The van der Waals surface area contributed by atoms with Crippen molar-refractivity contribution in [2.24, 2.45) is 5.41 Å². The summed E-state index contributed by atoms with van der Waals surface area (Å²) in [7, 11) is 2.21. The molecular weight excluding hydrogens is 240 g/mol. The number of hydrogen-bond acceptors (Lipinski definition) is 3. The zero-order chi connectivity index (χ0) is 13.2. The topological polar surface area (TPSA) is 52.6 Å². The van der Waals surface area contributed by atoms with Gasteiger partial charge in [-0.1, -0.05) is 6.07 Å². The highest BCUT2D eigenvalue weighted by atomic mass is 16.5. The fourth-order valence-electron chi connectivity index (χ4n) is 4.58. The normalized spacial score (nSPS) is 35.3. The number of carbonyl (C=O) groups is 1. The number of nitrogens with one attached hydrogen (secondary N) is 1. The first-order valence-electron chi connectivity index (χ1n) is 6.95. The summed E-state index contributed by atoms with van der Waals surface area (Å²) in [6.07, 6.45) is 3.69. The number of rotatable bonds is 1. The van der Waals surface area contributed by atoms with Crippen LogP contribution in [0.5, 0.6) is 0 Å². The van der Waals surface area contributed by atoms with Crippen LogP contribution in [0.1, 0.15) is 40.2 Å². The van der Waals surface area contributed by atoms with Gasteiger partial charge in [0.1, 0.15) is 0 Å². The summed E-state index contributed by atoms with van der Waals surface area (Å²) in [5.74, 6) is 0.183. The van der Waals surface area contributed by atoms with Gasteiger partial charge in [-0.05, 0) is 61.5 Å². The number of amides is 1. The summed E-state index contributed by atoms with van der Waals surface area (Å²) in [6, 6.07) is 6.52. The summed E-state index contributed by atoms with van der Waals surface area (Å²) < 4.78 is 0. The summed E-state index contributed by atoms with van der Waals surface area (Å²) >= 11 is 0. The van der Waals surface area contributed by atoms with E-state index in [2.05, 4.69) is 18.0 Å². The highest BCUT2D eigenvalue weighted by molar-refractivity contribution is 5.93. The van der Waals surface area contributed by atoms with Crippen molar-refractivity contribution in [1.29, 1.82) is 0 Å². The standard InChI is InChI=1S/C15H18N2O2/c1-17-7-6-15-5-4-9-2-3-10(14(18)16-19)8-11(9)12(15)13(15)17/h2-3,8,12-13,19H,4-7H2,1H3,(H,16,18)/t12?,13?,15-/m1/s1. The lowest BCUT2D eigenvalue weighted by molar-refractivity contribution is 0.0706. The third-order valence-electron chi connectivity index (χ3n) is 5.52. The van der Waals surface area contributed by atoms with Crippen molar-refractivity contribution in [3.63, 3.8) is 0 Å². The second-order valence-corrected chi connectivity index (χ2v) is 6.24. The summed E-state index contributed by atoms with van der Waals surface area (Å²) in [6.45, 7) is 1.20. The fraction of sp³-hybridized carbons (Fsp3) is 0.533. The average molecular weight is 258 g/mol. The van der Waals surface area contributed by atoms with E-state index in [1.165, 1.54) is 30.5 Å². The van der Waals surface area contributed by atoms with Gasteiger partial charge in [-0.25, -0.2) is 5.48 Å². The van der Waals surface area contributed by atoms with Crippen LogP contribution in [0.4, 0.5) is 0 Å². The van der Waals surface area contributed by atoms with Crippen molar-refractivity contribution in [2.75, 3.05) is 13.6 Å². The van der Waals surface area contributed by atoms with Crippen molar-refractivity contribution in [3.05, 3.63) is 34.9 Å². The van der Waals surface area contributed by atoms with E-state index in [1.807, 2.05) is 12.1 Å². The minimum Gasteiger partial charge on any atom is -0.302 e. The monoisotopic (exact) mass is 258 g/mol. The third-order valence-corrected chi connectivity index (χ3v) is 5.52. The first-order valence-corrected chi connectivity index (χ1v) is 6.95. The van der Waals surface area contributed by atoms with Crippen LogP contribution in [-0.2, 0) is 6.42 Å². The lowest BCUT2D eigenvalue weighted by Crippen LogP contribution is -2.21. The molecule has 1 heterocycles. The Morgan fingerprint density at radius 2 is 2.32 bits per heavy atom. The molecule has 1 amide bonds. The van der Waals surface area contributed by atoms with Gasteiger partial charge in [-0.3, -0.25) is 10.0 Å². The summed E-state index contributed by atoms with van der Waals surface area (Å²) in [5, 5.41) is 8.76. The molecule has 0 bridgehead atoms. The maximum atomic E-state index is 11.6. The van der Waals surface area contributed by atoms with E-state index < -0.39 is 5.91 Å². The molecule has 0 radical (unpaired) electrons. The Labute approximate surface area is 112 Å². The summed E-state index contributed by atoms with van der Waals surface area (Å²) in [4.78, 5) is 14.0. The Morgan fingerprint density at radius 3 is 3.11 bits per heavy atom. The predicted octanol–water partition coefficient (Wildman–Crippen LogP) is 1.54. The van der Waals surface area contributed by atoms with Crippen molar-refractivity contribution in [3.8, 4) is 0 Å². The number of nitrogens with zero attached hydrogens (tertiary/aromatic N) is 1. The molecule has 2 fully saturated rings. The van der Waals surface area contributed by atoms with Gasteiger partial charge in [-0.2, -0.15) is 0 Å². The molecular formula is C15H18N2O2. The molecule has 100 valence electrons. The molecule has 3 atom stereocenters. The molecule has 1 saturated heterocycles. The molecule has 1 aromatic carbocycles. The molecule has 1 saturated carbocycles. The SMILES string of the molecule is CN1CC[C@]23CCc4ccc(C(=O)NO)cc4C2C13. The molecule has 4 nitrogen and oxygen atoms in total. The van der Waals surface area contributed by atoms with E-state index in [4.69, 9.17) is 5.21 Å². The second kappa shape index (κ2) is 3.58. The van der Waals surface area contributed by atoms with Crippen molar-refractivity contribution >= 4 is 5.91 Å². The number of carbonyl (C=O) groups excluding carboxylic acids is 1. The van der Waals surface area contributed by atoms with Crippen LogP contribution in [-0.4, -0.2) is 35.6 Å².